The summed E-state index contributed by atoms with van der Waals surface area (Å²) in [5.41, 5.74) is -0.728. The first-order valence-corrected chi connectivity index (χ1v) is 5.94. The standard InChI is InChI=1S/C11H19N7/c1-5-13-8-15-9(14-6-2)17-10(16-8)18-11(3,4)7-12/h5-6H2,1-4H3,(H3,13,14,15,16,17,18). The van der Waals surface area contributed by atoms with E-state index < -0.39 is 5.54 Å². The van der Waals surface area contributed by atoms with E-state index in [0.29, 0.717) is 17.8 Å². The van der Waals surface area contributed by atoms with Gasteiger partial charge in [-0.1, -0.05) is 0 Å². The third-order valence-electron chi connectivity index (χ3n) is 2.01. The van der Waals surface area contributed by atoms with E-state index in [1.54, 1.807) is 13.8 Å². The Balaban J connectivity index is 2.99. The molecule has 1 rings (SSSR count). The van der Waals surface area contributed by atoms with Gasteiger partial charge >= 0.3 is 0 Å². The van der Waals surface area contributed by atoms with E-state index in [2.05, 4.69) is 37.0 Å². The maximum absolute atomic E-state index is 8.99. The molecule has 1 aromatic rings. The van der Waals surface area contributed by atoms with Gasteiger partial charge < -0.3 is 16.0 Å². The van der Waals surface area contributed by atoms with Crippen molar-refractivity contribution < 1.29 is 0 Å². The number of nitrogens with one attached hydrogen (secondary N) is 3. The SMILES string of the molecule is CCNc1nc(NCC)nc(NC(C)(C)C#N)n1. The maximum Gasteiger partial charge on any atom is 0.230 e. The smallest absolute Gasteiger partial charge is 0.230 e. The highest BCUT2D eigenvalue weighted by Gasteiger charge is 2.18. The second-order valence-corrected chi connectivity index (χ2v) is 4.23. The Kier molecular flexibility index (Phi) is 4.66. The summed E-state index contributed by atoms with van der Waals surface area (Å²) in [7, 11) is 0. The van der Waals surface area contributed by atoms with Crippen molar-refractivity contribution in [3.8, 4) is 6.07 Å². The molecule has 0 aliphatic rings. The highest BCUT2D eigenvalue weighted by Crippen LogP contribution is 2.13. The van der Waals surface area contributed by atoms with Gasteiger partial charge in [-0.15, -0.1) is 0 Å². The van der Waals surface area contributed by atoms with Crippen molar-refractivity contribution in [3.05, 3.63) is 0 Å². The Morgan fingerprint density at radius 1 is 1.00 bits per heavy atom. The summed E-state index contributed by atoms with van der Waals surface area (Å²) in [6.07, 6.45) is 0. The van der Waals surface area contributed by atoms with Gasteiger partial charge in [0.1, 0.15) is 5.54 Å². The second-order valence-electron chi connectivity index (χ2n) is 4.23. The third-order valence-corrected chi connectivity index (χ3v) is 2.01. The summed E-state index contributed by atoms with van der Waals surface area (Å²) in [6, 6.07) is 2.14. The molecule has 1 heterocycles. The summed E-state index contributed by atoms with van der Waals surface area (Å²) in [5, 5.41) is 18.0. The highest BCUT2D eigenvalue weighted by molar-refractivity contribution is 5.44. The normalized spacial score (nSPS) is 10.6. The Labute approximate surface area is 107 Å². The van der Waals surface area contributed by atoms with Crippen LogP contribution < -0.4 is 16.0 Å². The summed E-state index contributed by atoms with van der Waals surface area (Å²) < 4.78 is 0. The van der Waals surface area contributed by atoms with Gasteiger partial charge in [0.25, 0.3) is 0 Å². The number of rotatable bonds is 6. The summed E-state index contributed by atoms with van der Waals surface area (Å²) in [4.78, 5) is 12.6. The van der Waals surface area contributed by atoms with Crippen molar-refractivity contribution >= 4 is 17.8 Å². The number of anilines is 3. The van der Waals surface area contributed by atoms with Crippen LogP contribution >= 0.6 is 0 Å². The van der Waals surface area contributed by atoms with Crippen LogP contribution in [0.15, 0.2) is 0 Å². The fourth-order valence-electron chi connectivity index (χ4n) is 1.21. The van der Waals surface area contributed by atoms with Gasteiger partial charge in [-0.3, -0.25) is 0 Å². The van der Waals surface area contributed by atoms with E-state index in [1.807, 2.05) is 13.8 Å². The fourth-order valence-corrected chi connectivity index (χ4v) is 1.21. The van der Waals surface area contributed by atoms with E-state index in [0.717, 1.165) is 13.1 Å². The van der Waals surface area contributed by atoms with Gasteiger partial charge in [-0.25, -0.2) is 0 Å². The monoisotopic (exact) mass is 249 g/mol. The predicted octanol–water partition coefficient (Wildman–Crippen LogP) is 1.45. The summed E-state index contributed by atoms with van der Waals surface area (Å²) >= 11 is 0. The van der Waals surface area contributed by atoms with Crippen molar-refractivity contribution in [2.45, 2.75) is 33.2 Å². The Hall–Kier alpha value is -2.10. The first kappa shape index (κ1) is 14.0. The van der Waals surface area contributed by atoms with Crippen LogP contribution in [0.5, 0.6) is 0 Å². The van der Waals surface area contributed by atoms with Gasteiger partial charge in [-0.2, -0.15) is 20.2 Å². The molecule has 0 atom stereocenters. The summed E-state index contributed by atoms with van der Waals surface area (Å²) in [5.74, 6) is 1.35. The molecule has 0 unspecified atom stereocenters. The average molecular weight is 249 g/mol. The quantitative estimate of drug-likeness (QED) is 0.701. The van der Waals surface area contributed by atoms with Gasteiger partial charge in [0, 0.05) is 13.1 Å². The third kappa shape index (κ3) is 4.05. The maximum atomic E-state index is 8.99. The molecule has 0 aliphatic carbocycles. The van der Waals surface area contributed by atoms with Crippen molar-refractivity contribution in [1.29, 1.82) is 5.26 Å². The van der Waals surface area contributed by atoms with E-state index in [9.17, 15) is 0 Å². The van der Waals surface area contributed by atoms with E-state index in [4.69, 9.17) is 5.26 Å². The lowest BCUT2D eigenvalue weighted by atomic mass is 10.1. The second kappa shape index (κ2) is 6.00. The molecule has 3 N–H and O–H groups in total. The minimum Gasteiger partial charge on any atom is -0.354 e. The molecule has 0 bridgehead atoms. The molecular formula is C11H19N7. The van der Waals surface area contributed by atoms with Gasteiger partial charge in [0.2, 0.25) is 17.8 Å². The van der Waals surface area contributed by atoms with Crippen LogP contribution in [0.4, 0.5) is 17.8 Å². The zero-order valence-electron chi connectivity index (χ0n) is 11.2. The van der Waals surface area contributed by atoms with Crippen LogP contribution in [0.1, 0.15) is 27.7 Å². The number of hydrogen-bond donors (Lipinski definition) is 3. The van der Waals surface area contributed by atoms with Crippen molar-refractivity contribution in [3.63, 3.8) is 0 Å². The number of aromatic nitrogens is 3. The number of nitrogens with zero attached hydrogens (tertiary/aromatic N) is 4. The largest absolute Gasteiger partial charge is 0.354 e. The molecule has 98 valence electrons. The first-order valence-electron chi connectivity index (χ1n) is 5.94. The van der Waals surface area contributed by atoms with E-state index in [1.165, 1.54) is 0 Å². The lowest BCUT2D eigenvalue weighted by molar-refractivity contribution is 0.715. The lowest BCUT2D eigenvalue weighted by Gasteiger charge is -2.18. The van der Waals surface area contributed by atoms with E-state index >= 15 is 0 Å². The molecule has 0 radical (unpaired) electrons. The van der Waals surface area contributed by atoms with Crippen LogP contribution in [-0.4, -0.2) is 33.6 Å². The lowest BCUT2D eigenvalue weighted by Crippen LogP contribution is -2.30. The zero-order chi connectivity index (χ0) is 13.6. The Morgan fingerprint density at radius 3 is 1.83 bits per heavy atom. The van der Waals surface area contributed by atoms with Crippen LogP contribution in [0, 0.1) is 11.3 Å². The molecule has 0 aromatic carbocycles. The molecule has 0 saturated heterocycles. The van der Waals surface area contributed by atoms with Crippen LogP contribution in [0.3, 0.4) is 0 Å². The fraction of sp³-hybridized carbons (Fsp3) is 0.636. The molecule has 7 nitrogen and oxygen atoms in total. The minimum atomic E-state index is -0.728. The molecule has 0 spiro atoms. The minimum absolute atomic E-state index is 0.378. The molecule has 0 aliphatic heterocycles. The highest BCUT2D eigenvalue weighted by atomic mass is 15.3. The van der Waals surface area contributed by atoms with Crippen LogP contribution in [-0.2, 0) is 0 Å². The van der Waals surface area contributed by atoms with Crippen molar-refractivity contribution in [1.82, 2.24) is 15.0 Å². The summed E-state index contributed by atoms with van der Waals surface area (Å²) in [6.45, 7) is 8.88. The van der Waals surface area contributed by atoms with Crippen LogP contribution in [0.2, 0.25) is 0 Å². The Bertz CT molecular complexity index is 411. The van der Waals surface area contributed by atoms with Crippen molar-refractivity contribution in [2.24, 2.45) is 0 Å². The Morgan fingerprint density at radius 2 is 1.44 bits per heavy atom. The zero-order valence-corrected chi connectivity index (χ0v) is 11.2. The molecular weight excluding hydrogens is 230 g/mol. The van der Waals surface area contributed by atoms with Crippen LogP contribution in [0.25, 0.3) is 0 Å². The molecule has 0 saturated carbocycles. The van der Waals surface area contributed by atoms with Gasteiger partial charge in [-0.05, 0) is 27.7 Å². The molecule has 18 heavy (non-hydrogen) atoms. The topological polar surface area (TPSA) is 98.5 Å². The molecule has 1 aromatic heterocycles. The molecule has 0 amide bonds. The number of hydrogen-bond acceptors (Lipinski definition) is 7. The average Bonchev–Trinajstić information content (AvgIpc) is 2.29. The van der Waals surface area contributed by atoms with Gasteiger partial charge in [0.05, 0.1) is 6.07 Å². The van der Waals surface area contributed by atoms with Gasteiger partial charge in [0.15, 0.2) is 0 Å². The molecule has 0 fully saturated rings. The van der Waals surface area contributed by atoms with Crippen molar-refractivity contribution in [2.75, 3.05) is 29.0 Å². The molecule has 7 heteroatoms. The predicted molar refractivity (Wildman–Crippen MR) is 71.5 cm³/mol. The number of nitriles is 1. The first-order chi connectivity index (χ1) is 8.50. The van der Waals surface area contributed by atoms with E-state index in [-0.39, 0.29) is 0 Å².